The smallest absolute Gasteiger partial charge is 0.227 e. The molecule has 1 amide bonds. The molecule has 28 heavy (non-hydrogen) atoms. The Labute approximate surface area is 169 Å². The highest BCUT2D eigenvalue weighted by Crippen LogP contribution is 2.25. The van der Waals surface area contributed by atoms with Crippen LogP contribution in [0.25, 0.3) is 0 Å². The van der Waals surface area contributed by atoms with Gasteiger partial charge in [-0.3, -0.25) is 9.69 Å². The first-order chi connectivity index (χ1) is 13.7. The average Bonchev–Trinajstić information content (AvgIpc) is 2.74. The van der Waals surface area contributed by atoms with Crippen molar-refractivity contribution in [3.63, 3.8) is 0 Å². The fourth-order valence-corrected chi connectivity index (χ4v) is 4.09. The first-order valence-corrected chi connectivity index (χ1v) is 10.5. The molecule has 0 radical (unpaired) electrons. The van der Waals surface area contributed by atoms with Crippen molar-refractivity contribution < 1.29 is 4.79 Å². The number of amides is 1. The van der Waals surface area contributed by atoms with E-state index in [1.165, 1.54) is 5.56 Å². The van der Waals surface area contributed by atoms with E-state index in [1.54, 1.807) is 0 Å². The lowest BCUT2D eigenvalue weighted by Gasteiger charge is -2.40. The Kier molecular flexibility index (Phi) is 7.63. The summed E-state index contributed by atoms with van der Waals surface area (Å²) in [5, 5.41) is 3.16. The summed E-state index contributed by atoms with van der Waals surface area (Å²) >= 11 is 0. The van der Waals surface area contributed by atoms with E-state index in [1.807, 2.05) is 30.3 Å². The zero-order valence-electron chi connectivity index (χ0n) is 17.2. The number of hydrogen-bond acceptors (Lipinski definition) is 3. The Morgan fingerprint density at radius 1 is 1.07 bits per heavy atom. The van der Waals surface area contributed by atoms with Crippen LogP contribution in [0.1, 0.15) is 42.9 Å². The highest BCUT2D eigenvalue weighted by molar-refractivity contribution is 5.83. The second-order valence-corrected chi connectivity index (χ2v) is 7.74. The van der Waals surface area contributed by atoms with Crippen LogP contribution in [0.15, 0.2) is 60.7 Å². The van der Waals surface area contributed by atoms with Crippen LogP contribution in [0, 0.1) is 0 Å². The lowest BCUT2D eigenvalue weighted by atomic mass is 9.95. The molecule has 1 aliphatic rings. The van der Waals surface area contributed by atoms with Gasteiger partial charge >= 0.3 is 0 Å². The molecule has 2 aromatic carbocycles. The summed E-state index contributed by atoms with van der Waals surface area (Å²) < 4.78 is 0. The van der Waals surface area contributed by atoms with E-state index in [2.05, 4.69) is 59.4 Å². The molecular formula is C24H33N3O. The molecule has 2 atom stereocenters. The van der Waals surface area contributed by atoms with Crippen molar-refractivity contribution in [3.05, 3.63) is 71.8 Å². The average molecular weight is 380 g/mol. The third-order valence-corrected chi connectivity index (χ3v) is 5.73. The van der Waals surface area contributed by atoms with Crippen LogP contribution in [0.5, 0.6) is 0 Å². The van der Waals surface area contributed by atoms with Crippen molar-refractivity contribution in [2.24, 2.45) is 0 Å². The minimum absolute atomic E-state index is 0.0538. The second-order valence-electron chi connectivity index (χ2n) is 7.74. The Morgan fingerprint density at radius 3 is 2.43 bits per heavy atom. The molecule has 1 saturated heterocycles. The molecule has 0 bridgehead atoms. The maximum Gasteiger partial charge on any atom is 0.227 e. The zero-order chi connectivity index (χ0) is 19.8. The van der Waals surface area contributed by atoms with Gasteiger partial charge in [-0.05, 0) is 31.0 Å². The van der Waals surface area contributed by atoms with E-state index >= 15 is 0 Å². The number of likely N-dealkylation sites (N-methyl/N-ethyl adjacent to an activating group) is 1. The standard InChI is InChI=1S/C24H33N3O/c1-3-22(20-11-6-4-7-12-20)24(28)25-15-10-16-27-18-17-26(2)19-23(27)21-13-8-5-9-14-21/h4-9,11-14,22-23H,3,10,15-19H2,1-2H3,(H,25,28)/t22-,23+/m0/s1. The number of benzene rings is 2. The lowest BCUT2D eigenvalue weighted by molar-refractivity contribution is -0.122. The van der Waals surface area contributed by atoms with Gasteiger partial charge in [-0.15, -0.1) is 0 Å². The molecule has 0 aromatic heterocycles. The predicted molar refractivity (Wildman–Crippen MR) is 115 cm³/mol. The summed E-state index contributed by atoms with van der Waals surface area (Å²) in [5.41, 5.74) is 2.49. The van der Waals surface area contributed by atoms with E-state index in [0.717, 1.165) is 51.1 Å². The van der Waals surface area contributed by atoms with Gasteiger partial charge in [0.25, 0.3) is 0 Å². The van der Waals surface area contributed by atoms with Crippen molar-refractivity contribution >= 4 is 5.91 Å². The van der Waals surface area contributed by atoms with Crippen molar-refractivity contribution in [3.8, 4) is 0 Å². The summed E-state index contributed by atoms with van der Waals surface area (Å²) in [4.78, 5) is 17.6. The van der Waals surface area contributed by atoms with Gasteiger partial charge in [-0.1, -0.05) is 67.6 Å². The molecule has 150 valence electrons. The van der Waals surface area contributed by atoms with Crippen LogP contribution in [0.2, 0.25) is 0 Å². The normalized spacial score (nSPS) is 19.3. The molecule has 4 heteroatoms. The van der Waals surface area contributed by atoms with E-state index < -0.39 is 0 Å². The van der Waals surface area contributed by atoms with Gasteiger partial charge in [0.1, 0.15) is 0 Å². The number of piperazine rings is 1. The fraction of sp³-hybridized carbons (Fsp3) is 0.458. The third-order valence-electron chi connectivity index (χ3n) is 5.73. The summed E-state index contributed by atoms with van der Waals surface area (Å²) in [6.45, 7) is 7.05. The number of carbonyl (C=O) groups is 1. The molecule has 1 aliphatic heterocycles. The Balaban J connectivity index is 1.50. The van der Waals surface area contributed by atoms with Crippen LogP contribution in [-0.2, 0) is 4.79 Å². The largest absolute Gasteiger partial charge is 0.356 e. The van der Waals surface area contributed by atoms with Crippen molar-refractivity contribution in [1.29, 1.82) is 0 Å². The Morgan fingerprint density at radius 2 is 1.75 bits per heavy atom. The topological polar surface area (TPSA) is 35.6 Å². The number of hydrogen-bond donors (Lipinski definition) is 1. The maximum absolute atomic E-state index is 12.6. The number of nitrogens with one attached hydrogen (secondary N) is 1. The van der Waals surface area contributed by atoms with E-state index in [9.17, 15) is 4.79 Å². The van der Waals surface area contributed by atoms with Crippen molar-refractivity contribution in [2.75, 3.05) is 39.8 Å². The summed E-state index contributed by atoms with van der Waals surface area (Å²) in [6, 6.07) is 21.3. The van der Waals surface area contributed by atoms with Gasteiger partial charge in [0, 0.05) is 38.8 Å². The van der Waals surface area contributed by atoms with E-state index in [-0.39, 0.29) is 11.8 Å². The molecule has 0 aliphatic carbocycles. The predicted octanol–water partition coefficient (Wildman–Crippen LogP) is 3.68. The minimum Gasteiger partial charge on any atom is -0.356 e. The summed E-state index contributed by atoms with van der Waals surface area (Å²) in [6.07, 6.45) is 1.80. The molecule has 0 saturated carbocycles. The van der Waals surface area contributed by atoms with Crippen LogP contribution < -0.4 is 5.32 Å². The van der Waals surface area contributed by atoms with Gasteiger partial charge < -0.3 is 10.2 Å². The lowest BCUT2D eigenvalue weighted by Crippen LogP contribution is -2.47. The summed E-state index contributed by atoms with van der Waals surface area (Å²) in [5.74, 6) is 0.0913. The first-order valence-electron chi connectivity index (χ1n) is 10.5. The molecule has 4 nitrogen and oxygen atoms in total. The second kappa shape index (κ2) is 10.4. The third kappa shape index (κ3) is 5.43. The summed E-state index contributed by atoms with van der Waals surface area (Å²) in [7, 11) is 2.20. The molecule has 0 spiro atoms. The molecular weight excluding hydrogens is 346 g/mol. The molecule has 1 heterocycles. The van der Waals surface area contributed by atoms with E-state index in [4.69, 9.17) is 0 Å². The fourth-order valence-electron chi connectivity index (χ4n) is 4.09. The monoisotopic (exact) mass is 379 g/mol. The van der Waals surface area contributed by atoms with Crippen molar-refractivity contribution in [2.45, 2.75) is 31.7 Å². The van der Waals surface area contributed by atoms with Crippen LogP contribution in [0.3, 0.4) is 0 Å². The zero-order valence-corrected chi connectivity index (χ0v) is 17.2. The number of carbonyl (C=O) groups excluding carboxylic acids is 1. The Bertz CT molecular complexity index is 719. The molecule has 3 rings (SSSR count). The minimum atomic E-state index is -0.0538. The van der Waals surface area contributed by atoms with Gasteiger partial charge in [-0.25, -0.2) is 0 Å². The van der Waals surface area contributed by atoms with Crippen LogP contribution in [0.4, 0.5) is 0 Å². The van der Waals surface area contributed by atoms with Crippen LogP contribution in [-0.4, -0.2) is 55.5 Å². The highest BCUT2D eigenvalue weighted by atomic mass is 16.1. The maximum atomic E-state index is 12.6. The van der Waals surface area contributed by atoms with Gasteiger partial charge in [0.05, 0.1) is 5.92 Å². The van der Waals surface area contributed by atoms with Gasteiger partial charge in [0.2, 0.25) is 5.91 Å². The molecule has 1 fully saturated rings. The SMILES string of the molecule is CC[C@H](C(=O)NCCCN1CCN(C)C[C@@H]1c1ccccc1)c1ccccc1. The molecule has 0 unspecified atom stereocenters. The van der Waals surface area contributed by atoms with Gasteiger partial charge in [0.15, 0.2) is 0 Å². The Hall–Kier alpha value is -2.17. The molecule has 1 N–H and O–H groups in total. The van der Waals surface area contributed by atoms with E-state index in [0.29, 0.717) is 6.04 Å². The molecule has 2 aromatic rings. The van der Waals surface area contributed by atoms with Crippen molar-refractivity contribution in [1.82, 2.24) is 15.1 Å². The first kappa shape index (κ1) is 20.6. The number of rotatable bonds is 8. The quantitative estimate of drug-likeness (QED) is 0.711. The highest BCUT2D eigenvalue weighted by Gasteiger charge is 2.26. The number of nitrogens with zero attached hydrogens (tertiary/aromatic N) is 2. The van der Waals surface area contributed by atoms with Gasteiger partial charge in [-0.2, -0.15) is 0 Å². The van der Waals surface area contributed by atoms with Crippen LogP contribution >= 0.6 is 0 Å².